The van der Waals surface area contributed by atoms with Gasteiger partial charge in [-0.15, -0.1) is 0 Å². The summed E-state index contributed by atoms with van der Waals surface area (Å²) in [6, 6.07) is 0. The Morgan fingerprint density at radius 3 is 3.06 bits per heavy atom. The first-order valence-electron chi connectivity index (χ1n) is 6.03. The van der Waals surface area contributed by atoms with Crippen molar-refractivity contribution < 1.29 is 14.3 Å². The number of rotatable bonds is 5. The summed E-state index contributed by atoms with van der Waals surface area (Å²) in [6.07, 6.45) is 3.17. The van der Waals surface area contributed by atoms with Gasteiger partial charge in [-0.25, -0.2) is 0 Å². The molecular weight excluding hydrogens is 300 g/mol. The van der Waals surface area contributed by atoms with E-state index in [4.69, 9.17) is 9.47 Å². The molecule has 1 aromatic rings. The Bertz CT molecular complexity index is 433. The number of methoxy groups -OCH3 is 1. The Balaban J connectivity index is 2.16. The molecule has 1 aliphatic heterocycles. The van der Waals surface area contributed by atoms with Crippen LogP contribution < -0.4 is 0 Å². The highest BCUT2D eigenvalue weighted by atomic mass is 79.9. The highest BCUT2D eigenvalue weighted by Crippen LogP contribution is 2.25. The fraction of sp³-hybridized carbons (Fsp3) is 0.667. The monoisotopic (exact) mass is 316 g/mol. The van der Waals surface area contributed by atoms with Crippen molar-refractivity contribution >= 4 is 21.7 Å². The summed E-state index contributed by atoms with van der Waals surface area (Å²) < 4.78 is 13.0. The van der Waals surface area contributed by atoms with Crippen LogP contribution >= 0.6 is 15.9 Å². The second kappa shape index (κ2) is 5.95. The Labute approximate surface area is 115 Å². The predicted molar refractivity (Wildman–Crippen MR) is 69.7 cm³/mol. The average molecular weight is 317 g/mol. The van der Waals surface area contributed by atoms with Crippen LogP contribution in [0.5, 0.6) is 0 Å². The number of carbonyl (C=O) groups excluding carboxylic acids is 1. The molecule has 18 heavy (non-hydrogen) atoms. The summed E-state index contributed by atoms with van der Waals surface area (Å²) >= 11 is 3.37. The number of ether oxygens (including phenoxy) is 2. The number of aromatic nitrogens is 2. The molecule has 2 rings (SSSR count). The van der Waals surface area contributed by atoms with Crippen LogP contribution in [-0.4, -0.2) is 41.5 Å². The van der Waals surface area contributed by atoms with E-state index in [-0.39, 0.29) is 18.0 Å². The molecule has 1 aliphatic rings. The molecule has 0 saturated carbocycles. The Kier molecular flexibility index (Phi) is 4.53. The maximum Gasteiger partial charge on any atom is 0.210 e. The molecule has 6 heteroatoms. The van der Waals surface area contributed by atoms with Gasteiger partial charge in [-0.2, -0.15) is 5.10 Å². The third kappa shape index (κ3) is 2.81. The Morgan fingerprint density at radius 2 is 2.44 bits per heavy atom. The van der Waals surface area contributed by atoms with Crippen molar-refractivity contribution in [3.63, 3.8) is 0 Å². The number of halogens is 1. The van der Waals surface area contributed by atoms with E-state index in [9.17, 15) is 4.79 Å². The van der Waals surface area contributed by atoms with E-state index in [1.54, 1.807) is 18.0 Å². The van der Waals surface area contributed by atoms with Crippen LogP contribution in [0, 0.1) is 0 Å². The van der Waals surface area contributed by atoms with Gasteiger partial charge < -0.3 is 9.47 Å². The smallest absolute Gasteiger partial charge is 0.210 e. The van der Waals surface area contributed by atoms with Gasteiger partial charge in [-0.05, 0) is 35.7 Å². The molecular formula is C12H17BrN2O3. The average Bonchev–Trinajstić information content (AvgIpc) is 2.92. The predicted octanol–water partition coefficient (Wildman–Crippen LogP) is 2.04. The molecule has 0 bridgehead atoms. The minimum atomic E-state index is -0.339. The topological polar surface area (TPSA) is 53.4 Å². The minimum Gasteiger partial charge on any atom is -0.383 e. The molecule has 0 spiro atoms. The first kappa shape index (κ1) is 13.7. The van der Waals surface area contributed by atoms with E-state index in [0.29, 0.717) is 23.3 Å². The van der Waals surface area contributed by atoms with Gasteiger partial charge in [0.05, 0.1) is 29.9 Å². The Morgan fingerprint density at radius 1 is 1.67 bits per heavy atom. The van der Waals surface area contributed by atoms with E-state index in [0.717, 1.165) is 12.8 Å². The fourth-order valence-electron chi connectivity index (χ4n) is 2.10. The van der Waals surface area contributed by atoms with Crippen molar-refractivity contribution in [2.45, 2.75) is 38.5 Å². The highest BCUT2D eigenvalue weighted by molar-refractivity contribution is 9.10. The molecule has 0 aliphatic carbocycles. The van der Waals surface area contributed by atoms with Crippen LogP contribution in [0.25, 0.3) is 0 Å². The molecule has 2 atom stereocenters. The number of carbonyl (C=O) groups is 1. The molecule has 5 nitrogen and oxygen atoms in total. The van der Waals surface area contributed by atoms with Crippen LogP contribution in [0.15, 0.2) is 10.7 Å². The van der Waals surface area contributed by atoms with Gasteiger partial charge in [0.25, 0.3) is 0 Å². The van der Waals surface area contributed by atoms with Gasteiger partial charge >= 0.3 is 0 Å². The zero-order valence-corrected chi connectivity index (χ0v) is 12.1. The van der Waals surface area contributed by atoms with Crippen LogP contribution in [0.4, 0.5) is 0 Å². The van der Waals surface area contributed by atoms with Crippen molar-refractivity contribution in [1.82, 2.24) is 9.78 Å². The van der Waals surface area contributed by atoms with Crippen LogP contribution in [-0.2, 0) is 16.0 Å². The minimum absolute atomic E-state index is 0.000159. The molecule has 0 aromatic carbocycles. The summed E-state index contributed by atoms with van der Waals surface area (Å²) in [7, 11) is 1.63. The van der Waals surface area contributed by atoms with Gasteiger partial charge in [0.1, 0.15) is 11.8 Å². The summed E-state index contributed by atoms with van der Waals surface area (Å²) in [4.78, 5) is 12.4. The maximum absolute atomic E-state index is 12.4. The lowest BCUT2D eigenvalue weighted by molar-refractivity contribution is 0.0422. The third-order valence-electron chi connectivity index (χ3n) is 3.06. The number of Topliss-reactive ketones (excluding diaryl/α,β-unsaturated/α-hetero) is 1. The lowest BCUT2D eigenvalue weighted by Gasteiger charge is -2.12. The molecule has 2 heterocycles. The molecule has 100 valence electrons. The maximum atomic E-state index is 12.4. The van der Waals surface area contributed by atoms with Gasteiger partial charge in [0, 0.05) is 7.11 Å². The summed E-state index contributed by atoms with van der Waals surface area (Å²) in [5.41, 5.74) is 0.575. The second-order valence-corrected chi connectivity index (χ2v) is 5.29. The van der Waals surface area contributed by atoms with E-state index >= 15 is 0 Å². The molecule has 1 aromatic heterocycles. The molecule has 1 saturated heterocycles. The van der Waals surface area contributed by atoms with Gasteiger partial charge in [-0.3, -0.25) is 9.48 Å². The number of hydrogen-bond acceptors (Lipinski definition) is 4. The van der Waals surface area contributed by atoms with Crippen molar-refractivity contribution in [2.75, 3.05) is 13.7 Å². The van der Waals surface area contributed by atoms with Crippen LogP contribution in [0.3, 0.4) is 0 Å². The Hall–Kier alpha value is -0.720. The van der Waals surface area contributed by atoms with Crippen molar-refractivity contribution in [1.29, 1.82) is 0 Å². The largest absolute Gasteiger partial charge is 0.383 e. The number of hydrogen-bond donors (Lipinski definition) is 0. The zero-order chi connectivity index (χ0) is 13.1. The summed E-state index contributed by atoms with van der Waals surface area (Å²) in [5, 5.41) is 4.18. The number of ketones is 1. The highest BCUT2D eigenvalue weighted by Gasteiger charge is 2.32. The zero-order valence-electron chi connectivity index (χ0n) is 10.6. The van der Waals surface area contributed by atoms with Gasteiger partial charge in [0.15, 0.2) is 0 Å². The standard InChI is InChI=1S/C12H17BrN2O3/c1-8-3-4-10(18-8)12(16)11-9(13)7-14-15(11)5-6-17-2/h7-8,10H,3-6H2,1-2H3. The first-order valence-corrected chi connectivity index (χ1v) is 6.82. The summed E-state index contributed by atoms with van der Waals surface area (Å²) in [5.74, 6) is -0.000159. The van der Waals surface area contributed by atoms with E-state index in [1.165, 1.54) is 0 Å². The quantitative estimate of drug-likeness (QED) is 0.780. The van der Waals surface area contributed by atoms with Gasteiger partial charge in [-0.1, -0.05) is 0 Å². The van der Waals surface area contributed by atoms with Crippen LogP contribution in [0.1, 0.15) is 30.3 Å². The van der Waals surface area contributed by atoms with Crippen LogP contribution in [0.2, 0.25) is 0 Å². The lowest BCUT2D eigenvalue weighted by Crippen LogP contribution is -2.25. The fourth-order valence-corrected chi connectivity index (χ4v) is 2.59. The first-order chi connectivity index (χ1) is 8.63. The van der Waals surface area contributed by atoms with Gasteiger partial charge in [0.2, 0.25) is 5.78 Å². The normalized spacial score (nSPS) is 23.5. The van der Waals surface area contributed by atoms with Crippen molar-refractivity contribution in [2.24, 2.45) is 0 Å². The van der Waals surface area contributed by atoms with Crippen molar-refractivity contribution in [3.05, 3.63) is 16.4 Å². The van der Waals surface area contributed by atoms with Crippen molar-refractivity contribution in [3.8, 4) is 0 Å². The summed E-state index contributed by atoms with van der Waals surface area (Å²) in [6.45, 7) is 3.08. The van der Waals surface area contributed by atoms with E-state index in [1.807, 2.05) is 6.92 Å². The molecule has 0 amide bonds. The van der Waals surface area contributed by atoms with E-state index < -0.39 is 0 Å². The lowest BCUT2D eigenvalue weighted by atomic mass is 10.1. The molecule has 1 fully saturated rings. The second-order valence-electron chi connectivity index (χ2n) is 4.43. The third-order valence-corrected chi connectivity index (χ3v) is 3.64. The molecule has 0 N–H and O–H groups in total. The van der Waals surface area contributed by atoms with E-state index in [2.05, 4.69) is 21.0 Å². The molecule has 0 radical (unpaired) electrons. The SMILES string of the molecule is COCCn1ncc(Br)c1C(=O)C1CCC(C)O1. The molecule has 2 unspecified atom stereocenters. The number of nitrogens with zero attached hydrogens (tertiary/aromatic N) is 2.